The maximum absolute atomic E-state index is 11.8. The fourth-order valence-corrected chi connectivity index (χ4v) is 2.07. The van der Waals surface area contributed by atoms with Gasteiger partial charge >= 0.3 is 0 Å². The lowest BCUT2D eigenvalue weighted by Gasteiger charge is -1.99. The summed E-state index contributed by atoms with van der Waals surface area (Å²) in [6, 6.07) is 5.79. The number of carbonyl (C=O) groups excluding carboxylic acids is 1. The largest absolute Gasteiger partial charge is 0.326 e. The van der Waals surface area contributed by atoms with Gasteiger partial charge in [0.05, 0.1) is 6.42 Å². The van der Waals surface area contributed by atoms with Crippen LogP contribution in [0.4, 0.5) is 0 Å². The van der Waals surface area contributed by atoms with E-state index < -0.39 is 0 Å². The number of hydrogen-bond acceptors (Lipinski definition) is 3. The van der Waals surface area contributed by atoms with Crippen molar-refractivity contribution in [1.82, 2.24) is 4.57 Å². The van der Waals surface area contributed by atoms with Crippen LogP contribution in [0.15, 0.2) is 36.0 Å². The molecule has 0 atom stereocenters. The lowest BCUT2D eigenvalue weighted by molar-refractivity contribution is 0.0915. The molecule has 0 aromatic carbocycles. The molecule has 0 aliphatic rings. The van der Waals surface area contributed by atoms with E-state index in [2.05, 4.69) is 0 Å². The number of nitrogens with zero attached hydrogens (tertiary/aromatic N) is 1. The van der Waals surface area contributed by atoms with Gasteiger partial charge in [0.15, 0.2) is 0 Å². The van der Waals surface area contributed by atoms with Gasteiger partial charge in [0.1, 0.15) is 0 Å². The van der Waals surface area contributed by atoms with Gasteiger partial charge in [-0.05, 0) is 23.1 Å². The summed E-state index contributed by atoms with van der Waals surface area (Å²) in [5.41, 5.74) is 6.46. The Kier molecular flexibility index (Phi) is 2.99. The van der Waals surface area contributed by atoms with E-state index in [9.17, 15) is 4.79 Å². The smallest absolute Gasteiger partial charge is 0.235 e. The maximum atomic E-state index is 11.8. The predicted octanol–water partition coefficient (Wildman–Crippen LogP) is 1.89. The highest BCUT2D eigenvalue weighted by molar-refractivity contribution is 7.10. The number of aromatic nitrogens is 1. The monoisotopic (exact) mass is 220 g/mol. The fraction of sp³-hybridized carbons (Fsp3) is 0.182. The van der Waals surface area contributed by atoms with E-state index in [-0.39, 0.29) is 5.91 Å². The third kappa shape index (κ3) is 2.34. The van der Waals surface area contributed by atoms with Crippen LogP contribution >= 0.6 is 11.3 Å². The zero-order chi connectivity index (χ0) is 10.7. The van der Waals surface area contributed by atoms with Crippen molar-refractivity contribution in [1.29, 1.82) is 0 Å². The van der Waals surface area contributed by atoms with Crippen molar-refractivity contribution in [3.05, 3.63) is 46.4 Å². The van der Waals surface area contributed by atoms with Gasteiger partial charge in [-0.3, -0.25) is 9.36 Å². The van der Waals surface area contributed by atoms with Gasteiger partial charge in [-0.1, -0.05) is 6.07 Å². The fourth-order valence-electron chi connectivity index (χ4n) is 1.37. The molecule has 0 saturated heterocycles. The Morgan fingerprint density at radius 3 is 2.93 bits per heavy atom. The van der Waals surface area contributed by atoms with Crippen molar-refractivity contribution in [2.45, 2.75) is 13.0 Å². The van der Waals surface area contributed by atoms with Crippen LogP contribution in [0, 0.1) is 0 Å². The summed E-state index contributed by atoms with van der Waals surface area (Å²) >= 11 is 1.60. The summed E-state index contributed by atoms with van der Waals surface area (Å²) < 4.78 is 1.60. The Bertz CT molecular complexity index is 445. The van der Waals surface area contributed by atoms with E-state index in [0.717, 1.165) is 10.4 Å². The van der Waals surface area contributed by atoms with E-state index in [1.165, 1.54) is 0 Å². The van der Waals surface area contributed by atoms with E-state index in [0.29, 0.717) is 13.0 Å². The van der Waals surface area contributed by atoms with Crippen molar-refractivity contribution < 1.29 is 4.79 Å². The Hall–Kier alpha value is -1.39. The molecule has 0 saturated carbocycles. The van der Waals surface area contributed by atoms with Gasteiger partial charge in [0, 0.05) is 23.8 Å². The van der Waals surface area contributed by atoms with Crippen LogP contribution in [0.5, 0.6) is 0 Å². The van der Waals surface area contributed by atoms with Crippen LogP contribution in [0.3, 0.4) is 0 Å². The molecule has 15 heavy (non-hydrogen) atoms. The van der Waals surface area contributed by atoms with Gasteiger partial charge < -0.3 is 5.73 Å². The SMILES string of the molecule is NCc1ccn(C(=O)Cc2cccs2)c1. The molecule has 78 valence electrons. The second-order valence-electron chi connectivity index (χ2n) is 3.28. The molecule has 4 heteroatoms. The van der Waals surface area contributed by atoms with Crippen LogP contribution in [0.25, 0.3) is 0 Å². The van der Waals surface area contributed by atoms with Crippen LogP contribution in [0.2, 0.25) is 0 Å². The lowest BCUT2D eigenvalue weighted by Crippen LogP contribution is -2.10. The molecular formula is C11H12N2OS. The minimum Gasteiger partial charge on any atom is -0.326 e. The second-order valence-corrected chi connectivity index (χ2v) is 4.31. The summed E-state index contributed by atoms with van der Waals surface area (Å²) in [5.74, 6) is 0.0807. The van der Waals surface area contributed by atoms with Gasteiger partial charge in [-0.2, -0.15) is 0 Å². The van der Waals surface area contributed by atoms with Crippen molar-refractivity contribution >= 4 is 17.2 Å². The number of hydrogen-bond donors (Lipinski definition) is 1. The number of nitrogens with two attached hydrogens (primary N) is 1. The van der Waals surface area contributed by atoms with Crippen molar-refractivity contribution in [2.24, 2.45) is 5.73 Å². The van der Waals surface area contributed by atoms with E-state index in [1.807, 2.05) is 23.6 Å². The van der Waals surface area contributed by atoms with Crippen LogP contribution in [0.1, 0.15) is 15.2 Å². The summed E-state index contributed by atoms with van der Waals surface area (Å²) in [5, 5.41) is 1.98. The van der Waals surface area contributed by atoms with Gasteiger partial charge in [0.2, 0.25) is 5.91 Å². The first-order chi connectivity index (χ1) is 7.29. The molecule has 0 unspecified atom stereocenters. The average Bonchev–Trinajstić information content (AvgIpc) is 2.86. The first-order valence-electron chi connectivity index (χ1n) is 4.72. The van der Waals surface area contributed by atoms with E-state index in [1.54, 1.807) is 28.3 Å². The second kappa shape index (κ2) is 4.42. The molecule has 0 amide bonds. The zero-order valence-corrected chi connectivity index (χ0v) is 9.04. The summed E-state index contributed by atoms with van der Waals surface area (Å²) in [6.45, 7) is 0.472. The first kappa shape index (κ1) is 10.1. The minimum atomic E-state index is 0.0807. The third-order valence-electron chi connectivity index (χ3n) is 2.18. The van der Waals surface area contributed by atoms with Gasteiger partial charge in [-0.25, -0.2) is 0 Å². The van der Waals surface area contributed by atoms with Crippen molar-refractivity contribution in [2.75, 3.05) is 0 Å². The molecule has 2 heterocycles. The average molecular weight is 220 g/mol. The molecule has 0 bridgehead atoms. The molecule has 2 N–H and O–H groups in total. The minimum absolute atomic E-state index is 0.0807. The Labute approximate surface area is 92.1 Å². The van der Waals surface area contributed by atoms with Crippen molar-refractivity contribution in [3.63, 3.8) is 0 Å². The predicted molar refractivity (Wildman–Crippen MR) is 61.0 cm³/mol. The normalized spacial score (nSPS) is 10.5. The van der Waals surface area contributed by atoms with Gasteiger partial charge in [0.25, 0.3) is 0 Å². The number of thiophene rings is 1. The Morgan fingerprint density at radius 2 is 2.33 bits per heavy atom. The summed E-state index contributed by atoms with van der Waals surface area (Å²) in [7, 11) is 0. The highest BCUT2D eigenvalue weighted by atomic mass is 32.1. The number of carbonyl (C=O) groups is 1. The quantitative estimate of drug-likeness (QED) is 0.858. The van der Waals surface area contributed by atoms with E-state index in [4.69, 9.17) is 5.73 Å². The molecule has 0 aliphatic carbocycles. The molecule has 2 rings (SSSR count). The standard InChI is InChI=1S/C11H12N2OS/c12-7-9-3-4-13(8-9)11(14)6-10-2-1-5-15-10/h1-5,8H,6-7,12H2. The Balaban J connectivity index is 2.08. The van der Waals surface area contributed by atoms with Crippen LogP contribution in [-0.2, 0) is 13.0 Å². The summed E-state index contributed by atoms with van der Waals surface area (Å²) in [4.78, 5) is 12.9. The highest BCUT2D eigenvalue weighted by Crippen LogP contribution is 2.11. The first-order valence-corrected chi connectivity index (χ1v) is 5.60. The molecule has 0 aliphatic heterocycles. The van der Waals surface area contributed by atoms with Crippen molar-refractivity contribution in [3.8, 4) is 0 Å². The van der Waals surface area contributed by atoms with E-state index >= 15 is 0 Å². The molecule has 0 radical (unpaired) electrons. The molecule has 0 fully saturated rings. The van der Waals surface area contributed by atoms with Crippen LogP contribution in [-0.4, -0.2) is 10.5 Å². The maximum Gasteiger partial charge on any atom is 0.235 e. The highest BCUT2D eigenvalue weighted by Gasteiger charge is 2.06. The van der Waals surface area contributed by atoms with Gasteiger partial charge in [-0.15, -0.1) is 11.3 Å². The Morgan fingerprint density at radius 1 is 1.47 bits per heavy atom. The third-order valence-corrected chi connectivity index (χ3v) is 3.06. The molecular weight excluding hydrogens is 208 g/mol. The lowest BCUT2D eigenvalue weighted by atomic mass is 10.3. The zero-order valence-electron chi connectivity index (χ0n) is 8.22. The molecule has 2 aromatic heterocycles. The van der Waals surface area contributed by atoms with Crippen LogP contribution < -0.4 is 5.73 Å². The molecule has 2 aromatic rings. The molecule has 3 nitrogen and oxygen atoms in total. The topological polar surface area (TPSA) is 48.0 Å². The summed E-state index contributed by atoms with van der Waals surface area (Å²) in [6.07, 6.45) is 4.00. The molecule has 0 spiro atoms. The number of rotatable bonds is 3.